The van der Waals surface area contributed by atoms with Crippen LogP contribution >= 0.6 is 0 Å². The van der Waals surface area contributed by atoms with Crippen molar-refractivity contribution >= 4 is 5.82 Å². The zero-order valence-corrected chi connectivity index (χ0v) is 11.5. The minimum atomic E-state index is -0.429. The van der Waals surface area contributed by atoms with Crippen molar-refractivity contribution in [3.05, 3.63) is 23.9 Å². The summed E-state index contributed by atoms with van der Waals surface area (Å²) in [5, 5.41) is 9.63. The van der Waals surface area contributed by atoms with E-state index in [1.165, 1.54) is 0 Å². The van der Waals surface area contributed by atoms with Crippen molar-refractivity contribution in [1.82, 2.24) is 9.88 Å². The van der Waals surface area contributed by atoms with E-state index in [0.29, 0.717) is 6.04 Å². The number of likely N-dealkylation sites (N-methyl/N-ethyl adjacent to an activating group) is 1. The summed E-state index contributed by atoms with van der Waals surface area (Å²) in [6.45, 7) is 7.11. The normalized spacial score (nSPS) is 23.1. The number of hydrogen-bond donors (Lipinski definition) is 1. The highest BCUT2D eigenvalue weighted by Crippen LogP contribution is 2.21. The maximum Gasteiger partial charge on any atom is 0.128 e. The van der Waals surface area contributed by atoms with Crippen molar-refractivity contribution in [3.63, 3.8) is 0 Å². The first kappa shape index (κ1) is 13.3. The molecule has 2 heterocycles. The number of hydrogen-bond acceptors (Lipinski definition) is 4. The molecular weight excluding hydrogens is 226 g/mol. The fourth-order valence-electron chi connectivity index (χ4n) is 2.46. The molecule has 0 aromatic carbocycles. The van der Waals surface area contributed by atoms with Crippen LogP contribution in [0.3, 0.4) is 0 Å². The van der Waals surface area contributed by atoms with Gasteiger partial charge in [-0.15, -0.1) is 0 Å². The van der Waals surface area contributed by atoms with Crippen LogP contribution in [0.1, 0.15) is 31.9 Å². The molecule has 100 valence electrons. The van der Waals surface area contributed by atoms with Crippen molar-refractivity contribution in [2.45, 2.75) is 32.4 Å². The Balaban J connectivity index is 2.14. The molecule has 0 bridgehead atoms. The van der Waals surface area contributed by atoms with E-state index >= 15 is 0 Å². The summed E-state index contributed by atoms with van der Waals surface area (Å²) in [5.41, 5.74) is 0.937. The van der Waals surface area contributed by atoms with E-state index in [1.54, 1.807) is 13.1 Å². The summed E-state index contributed by atoms with van der Waals surface area (Å²) in [7, 11) is 2.19. The van der Waals surface area contributed by atoms with Crippen LogP contribution in [0.4, 0.5) is 5.82 Å². The zero-order chi connectivity index (χ0) is 13.1. The molecule has 1 fully saturated rings. The van der Waals surface area contributed by atoms with Crippen molar-refractivity contribution in [2.75, 3.05) is 31.6 Å². The number of rotatable bonds is 3. The Bertz CT molecular complexity index is 394. The highest BCUT2D eigenvalue weighted by molar-refractivity contribution is 5.42. The molecule has 4 heteroatoms. The molecule has 0 saturated carbocycles. The van der Waals surface area contributed by atoms with Gasteiger partial charge in [0.2, 0.25) is 0 Å². The lowest BCUT2D eigenvalue weighted by Crippen LogP contribution is -2.51. The van der Waals surface area contributed by atoms with Gasteiger partial charge in [0.05, 0.1) is 6.10 Å². The molecule has 1 N–H and O–H groups in total. The van der Waals surface area contributed by atoms with Crippen molar-refractivity contribution in [3.8, 4) is 0 Å². The quantitative estimate of drug-likeness (QED) is 0.884. The molecule has 1 saturated heterocycles. The highest BCUT2D eigenvalue weighted by Gasteiger charge is 2.23. The Morgan fingerprint density at radius 2 is 2.28 bits per heavy atom. The smallest absolute Gasteiger partial charge is 0.128 e. The number of aromatic nitrogens is 1. The number of aliphatic hydroxyl groups is 1. The molecule has 1 aromatic heterocycles. The molecule has 2 rings (SSSR count). The molecule has 0 radical (unpaired) electrons. The molecular formula is C14H23N3O. The number of aliphatic hydroxyl groups excluding tert-OH is 1. The molecule has 1 aliphatic heterocycles. The van der Waals surface area contributed by atoms with E-state index < -0.39 is 6.10 Å². The fraction of sp³-hybridized carbons (Fsp3) is 0.643. The maximum absolute atomic E-state index is 9.63. The largest absolute Gasteiger partial charge is 0.389 e. The summed E-state index contributed by atoms with van der Waals surface area (Å²) < 4.78 is 0. The van der Waals surface area contributed by atoms with Crippen LogP contribution in [0.2, 0.25) is 0 Å². The molecule has 0 aliphatic carbocycles. The van der Waals surface area contributed by atoms with Crippen LogP contribution in [-0.2, 0) is 0 Å². The van der Waals surface area contributed by atoms with Crippen LogP contribution in [-0.4, -0.2) is 47.7 Å². The molecule has 18 heavy (non-hydrogen) atoms. The van der Waals surface area contributed by atoms with Gasteiger partial charge in [-0.2, -0.15) is 0 Å². The van der Waals surface area contributed by atoms with E-state index in [4.69, 9.17) is 0 Å². The summed E-state index contributed by atoms with van der Waals surface area (Å²) in [5.74, 6) is 0.986. The van der Waals surface area contributed by atoms with Gasteiger partial charge in [-0.1, -0.05) is 6.92 Å². The Hall–Kier alpha value is -1.13. The summed E-state index contributed by atoms with van der Waals surface area (Å²) in [4.78, 5) is 9.17. The van der Waals surface area contributed by atoms with Gasteiger partial charge in [0.15, 0.2) is 0 Å². The SMILES string of the molecule is CCC1CN(c2cc([C@@H](C)O)ccn2)CCN1C. The molecule has 0 spiro atoms. The van der Waals surface area contributed by atoms with Crippen LogP contribution in [0, 0.1) is 0 Å². The first-order valence-electron chi connectivity index (χ1n) is 6.71. The lowest BCUT2D eigenvalue weighted by molar-refractivity contribution is 0.199. The van der Waals surface area contributed by atoms with Crippen molar-refractivity contribution < 1.29 is 5.11 Å². The minimum Gasteiger partial charge on any atom is -0.389 e. The van der Waals surface area contributed by atoms with Crippen molar-refractivity contribution in [1.29, 1.82) is 0 Å². The first-order valence-corrected chi connectivity index (χ1v) is 6.71. The Kier molecular flexibility index (Phi) is 4.19. The van der Waals surface area contributed by atoms with Crippen LogP contribution < -0.4 is 4.90 Å². The number of pyridine rings is 1. The Morgan fingerprint density at radius 1 is 1.50 bits per heavy atom. The molecule has 1 unspecified atom stereocenters. The third kappa shape index (κ3) is 2.82. The topological polar surface area (TPSA) is 39.6 Å². The van der Waals surface area contributed by atoms with Gasteiger partial charge in [0.1, 0.15) is 5.82 Å². The van der Waals surface area contributed by atoms with Crippen LogP contribution in [0.15, 0.2) is 18.3 Å². The number of piperazine rings is 1. The van der Waals surface area contributed by atoms with E-state index in [1.807, 2.05) is 12.1 Å². The predicted octanol–water partition coefficient (Wildman–Crippen LogP) is 1.67. The Labute approximate surface area is 109 Å². The molecule has 1 aliphatic rings. The Morgan fingerprint density at radius 3 is 2.94 bits per heavy atom. The van der Waals surface area contributed by atoms with E-state index in [9.17, 15) is 5.11 Å². The first-order chi connectivity index (χ1) is 8.61. The molecule has 0 amide bonds. The van der Waals surface area contributed by atoms with E-state index in [-0.39, 0.29) is 0 Å². The average Bonchev–Trinajstić information content (AvgIpc) is 2.39. The second-order valence-corrected chi connectivity index (χ2v) is 5.11. The van der Waals surface area contributed by atoms with Gasteiger partial charge in [-0.25, -0.2) is 4.98 Å². The minimum absolute atomic E-state index is 0.429. The summed E-state index contributed by atoms with van der Waals surface area (Å²) in [6, 6.07) is 4.47. The number of nitrogens with zero attached hydrogens (tertiary/aromatic N) is 3. The number of anilines is 1. The second kappa shape index (κ2) is 5.67. The predicted molar refractivity (Wildman–Crippen MR) is 73.8 cm³/mol. The van der Waals surface area contributed by atoms with Crippen LogP contribution in [0.25, 0.3) is 0 Å². The van der Waals surface area contributed by atoms with Gasteiger partial charge >= 0.3 is 0 Å². The van der Waals surface area contributed by atoms with Gasteiger partial charge < -0.3 is 10.0 Å². The average molecular weight is 249 g/mol. The lowest BCUT2D eigenvalue weighted by Gasteiger charge is -2.39. The maximum atomic E-state index is 9.63. The third-order valence-electron chi connectivity index (χ3n) is 3.82. The van der Waals surface area contributed by atoms with Gasteiger partial charge in [-0.05, 0) is 38.1 Å². The second-order valence-electron chi connectivity index (χ2n) is 5.11. The third-order valence-corrected chi connectivity index (χ3v) is 3.82. The van der Waals surface area contributed by atoms with Gasteiger partial charge in [0.25, 0.3) is 0 Å². The molecule has 1 aromatic rings. The zero-order valence-electron chi connectivity index (χ0n) is 11.5. The van der Waals surface area contributed by atoms with Crippen LogP contribution in [0.5, 0.6) is 0 Å². The fourth-order valence-corrected chi connectivity index (χ4v) is 2.46. The van der Waals surface area contributed by atoms with Gasteiger partial charge in [0, 0.05) is 31.9 Å². The summed E-state index contributed by atoms with van der Waals surface area (Å²) >= 11 is 0. The summed E-state index contributed by atoms with van der Waals surface area (Å²) in [6.07, 6.45) is 2.51. The van der Waals surface area contributed by atoms with Crippen molar-refractivity contribution in [2.24, 2.45) is 0 Å². The standard InChI is InChI=1S/C14H23N3O/c1-4-13-10-17(8-7-16(13)3)14-9-12(11(2)18)5-6-15-14/h5-6,9,11,13,18H,4,7-8,10H2,1-3H3/t11-,13?/m1/s1. The lowest BCUT2D eigenvalue weighted by atomic mass is 10.1. The molecule has 4 nitrogen and oxygen atoms in total. The highest BCUT2D eigenvalue weighted by atomic mass is 16.3. The van der Waals surface area contributed by atoms with E-state index in [0.717, 1.165) is 37.4 Å². The van der Waals surface area contributed by atoms with Gasteiger partial charge in [-0.3, -0.25) is 4.90 Å². The molecule has 2 atom stereocenters. The monoisotopic (exact) mass is 249 g/mol. The van der Waals surface area contributed by atoms with E-state index in [2.05, 4.69) is 28.8 Å².